The van der Waals surface area contributed by atoms with Gasteiger partial charge in [-0.1, -0.05) is 12.1 Å². The first-order valence-electron chi connectivity index (χ1n) is 8.57. The number of anilines is 1. The minimum atomic E-state index is -0.265. The highest BCUT2D eigenvalue weighted by Gasteiger charge is 2.08. The van der Waals surface area contributed by atoms with Crippen LogP contribution in [0.3, 0.4) is 0 Å². The Kier molecular flexibility index (Phi) is 6.27. The summed E-state index contributed by atoms with van der Waals surface area (Å²) in [5.41, 5.74) is 1.80. The topological polar surface area (TPSA) is 78.7 Å². The second kappa shape index (κ2) is 9.05. The molecule has 1 aromatic carbocycles. The Hall–Kier alpha value is -3.06. The van der Waals surface area contributed by atoms with Crippen molar-refractivity contribution in [3.63, 3.8) is 0 Å². The van der Waals surface area contributed by atoms with Crippen LogP contribution in [0.5, 0.6) is 0 Å². The van der Waals surface area contributed by atoms with Crippen LogP contribution < -0.4 is 16.0 Å². The van der Waals surface area contributed by atoms with E-state index in [9.17, 15) is 4.79 Å². The van der Waals surface area contributed by atoms with Crippen LogP contribution in [0.4, 0.5) is 5.69 Å². The van der Waals surface area contributed by atoms with Crippen LogP contribution in [0.15, 0.2) is 64.2 Å². The summed E-state index contributed by atoms with van der Waals surface area (Å²) in [7, 11) is 1.75. The van der Waals surface area contributed by atoms with E-state index in [1.807, 2.05) is 24.3 Å². The third-order valence-corrected chi connectivity index (χ3v) is 4.87. The van der Waals surface area contributed by atoms with Gasteiger partial charge in [-0.15, -0.1) is 11.3 Å². The predicted molar refractivity (Wildman–Crippen MR) is 109 cm³/mol. The molecule has 0 aliphatic carbocycles. The number of amides is 1. The van der Waals surface area contributed by atoms with Gasteiger partial charge in [-0.05, 0) is 48.9 Å². The molecule has 0 aliphatic heterocycles. The Morgan fingerprint density at radius 1 is 1.07 bits per heavy atom. The van der Waals surface area contributed by atoms with E-state index in [-0.39, 0.29) is 11.7 Å². The van der Waals surface area contributed by atoms with Gasteiger partial charge in [0.25, 0.3) is 5.91 Å². The number of carbonyl (C=O) groups is 1. The molecule has 0 unspecified atom stereocenters. The van der Waals surface area contributed by atoms with Crippen LogP contribution >= 0.6 is 11.3 Å². The number of furan rings is 1. The molecular weight excluding hydrogens is 360 g/mol. The second-order valence-corrected chi connectivity index (χ2v) is 7.29. The fourth-order valence-electron chi connectivity index (χ4n) is 2.46. The first kappa shape index (κ1) is 18.7. The number of nitrogens with zero attached hydrogens (tertiary/aromatic N) is 1. The molecule has 3 N–H and O–H groups in total. The van der Waals surface area contributed by atoms with E-state index in [0.717, 1.165) is 23.8 Å². The maximum Gasteiger partial charge on any atom is 0.291 e. The zero-order valence-electron chi connectivity index (χ0n) is 15.3. The monoisotopic (exact) mass is 382 g/mol. The summed E-state index contributed by atoms with van der Waals surface area (Å²) in [4.78, 5) is 18.8. The molecule has 6 nitrogen and oxygen atoms in total. The smallest absolute Gasteiger partial charge is 0.291 e. The third-order valence-electron chi connectivity index (χ3n) is 3.87. The van der Waals surface area contributed by atoms with E-state index in [1.54, 1.807) is 30.5 Å². The van der Waals surface area contributed by atoms with Crippen molar-refractivity contribution < 1.29 is 9.21 Å². The Morgan fingerprint density at radius 3 is 2.48 bits per heavy atom. The third kappa shape index (κ3) is 5.46. The Morgan fingerprint density at radius 2 is 1.85 bits per heavy atom. The number of rotatable bonds is 6. The van der Waals surface area contributed by atoms with E-state index in [4.69, 9.17) is 4.42 Å². The largest absolute Gasteiger partial charge is 0.459 e. The Labute approximate surface area is 162 Å². The highest BCUT2D eigenvalue weighted by Crippen LogP contribution is 2.14. The van der Waals surface area contributed by atoms with Crippen LogP contribution in [0, 0.1) is 6.92 Å². The average Bonchev–Trinajstić information content (AvgIpc) is 3.35. The number of carbonyl (C=O) groups excluding carboxylic acids is 1. The fraction of sp³-hybridized carbons (Fsp3) is 0.200. The van der Waals surface area contributed by atoms with Gasteiger partial charge in [-0.2, -0.15) is 0 Å². The van der Waals surface area contributed by atoms with Crippen molar-refractivity contribution >= 4 is 28.9 Å². The van der Waals surface area contributed by atoms with E-state index >= 15 is 0 Å². The number of thiophene rings is 1. The van der Waals surface area contributed by atoms with Gasteiger partial charge in [0.05, 0.1) is 12.8 Å². The molecule has 7 heteroatoms. The number of aryl methyl sites for hydroxylation is 1. The van der Waals surface area contributed by atoms with Gasteiger partial charge in [0.2, 0.25) is 0 Å². The summed E-state index contributed by atoms with van der Waals surface area (Å²) in [5, 5.41) is 9.39. The Balaban J connectivity index is 1.48. The summed E-state index contributed by atoms with van der Waals surface area (Å²) in [6.07, 6.45) is 1.48. The maximum absolute atomic E-state index is 12.0. The predicted octanol–water partition coefficient (Wildman–Crippen LogP) is 3.77. The van der Waals surface area contributed by atoms with E-state index < -0.39 is 0 Å². The van der Waals surface area contributed by atoms with Gasteiger partial charge in [-0.25, -0.2) is 0 Å². The Bertz CT molecular complexity index is 898. The van der Waals surface area contributed by atoms with Crippen LogP contribution in [0.1, 0.15) is 25.9 Å². The van der Waals surface area contributed by atoms with E-state index in [0.29, 0.717) is 6.54 Å². The number of hydrogen-bond acceptors (Lipinski definition) is 4. The van der Waals surface area contributed by atoms with Crippen molar-refractivity contribution in [3.05, 3.63) is 75.9 Å². The quantitative estimate of drug-likeness (QED) is 0.448. The molecule has 140 valence electrons. The lowest BCUT2D eigenvalue weighted by Gasteiger charge is -2.12. The van der Waals surface area contributed by atoms with Crippen molar-refractivity contribution in [2.45, 2.75) is 20.0 Å². The molecule has 2 aromatic heterocycles. The first-order chi connectivity index (χ1) is 13.1. The molecule has 0 atom stereocenters. The molecule has 0 spiro atoms. The van der Waals surface area contributed by atoms with E-state index in [1.165, 1.54) is 16.0 Å². The lowest BCUT2D eigenvalue weighted by molar-refractivity contribution is 0.0996. The van der Waals surface area contributed by atoms with Crippen molar-refractivity contribution in [3.8, 4) is 0 Å². The van der Waals surface area contributed by atoms with Crippen LogP contribution in [-0.2, 0) is 13.1 Å². The maximum atomic E-state index is 12.0. The summed E-state index contributed by atoms with van der Waals surface area (Å²) in [5.74, 6) is 0.770. The molecule has 0 fully saturated rings. The summed E-state index contributed by atoms with van der Waals surface area (Å²) in [6.45, 7) is 3.48. The molecule has 27 heavy (non-hydrogen) atoms. The average molecular weight is 382 g/mol. The first-order valence-corrected chi connectivity index (χ1v) is 9.39. The van der Waals surface area contributed by atoms with E-state index in [2.05, 4.69) is 40.0 Å². The molecule has 0 aliphatic rings. The number of guanidine groups is 1. The summed E-state index contributed by atoms with van der Waals surface area (Å²) < 4.78 is 5.08. The number of hydrogen-bond donors (Lipinski definition) is 3. The number of benzene rings is 1. The van der Waals surface area contributed by atoms with Gasteiger partial charge in [0, 0.05) is 29.0 Å². The SMILES string of the molecule is CN=C(NCc1ccc(NC(=O)c2ccco2)cc1)NCc1ccc(C)s1. The van der Waals surface area contributed by atoms with Gasteiger partial charge in [-0.3, -0.25) is 9.79 Å². The fourth-order valence-corrected chi connectivity index (χ4v) is 3.29. The van der Waals surface area contributed by atoms with Crippen molar-refractivity contribution in [1.29, 1.82) is 0 Å². The molecular formula is C20H22N4O2S. The molecule has 0 saturated heterocycles. The molecule has 3 rings (SSSR count). The van der Waals surface area contributed by atoms with Gasteiger partial charge in [0.1, 0.15) is 0 Å². The van der Waals surface area contributed by atoms with Gasteiger partial charge >= 0.3 is 0 Å². The minimum absolute atomic E-state index is 0.265. The molecule has 3 aromatic rings. The zero-order valence-corrected chi connectivity index (χ0v) is 16.1. The summed E-state index contributed by atoms with van der Waals surface area (Å²) in [6, 6.07) is 15.2. The lowest BCUT2D eigenvalue weighted by atomic mass is 10.2. The van der Waals surface area contributed by atoms with Crippen LogP contribution in [-0.4, -0.2) is 18.9 Å². The minimum Gasteiger partial charge on any atom is -0.459 e. The molecule has 0 saturated carbocycles. The number of nitrogens with one attached hydrogen (secondary N) is 3. The van der Waals surface area contributed by atoms with Crippen molar-refractivity contribution in [2.75, 3.05) is 12.4 Å². The normalized spacial score (nSPS) is 11.3. The summed E-state index contributed by atoms with van der Waals surface area (Å²) >= 11 is 1.77. The lowest BCUT2D eigenvalue weighted by Crippen LogP contribution is -2.36. The van der Waals surface area contributed by atoms with Crippen molar-refractivity contribution in [2.24, 2.45) is 4.99 Å². The number of aliphatic imine (C=N–C) groups is 1. The van der Waals surface area contributed by atoms with Crippen LogP contribution in [0.2, 0.25) is 0 Å². The molecule has 0 radical (unpaired) electrons. The molecule has 2 heterocycles. The molecule has 0 bridgehead atoms. The zero-order chi connectivity index (χ0) is 19.1. The van der Waals surface area contributed by atoms with Gasteiger partial charge in [0.15, 0.2) is 11.7 Å². The highest BCUT2D eigenvalue weighted by atomic mass is 32.1. The highest BCUT2D eigenvalue weighted by molar-refractivity contribution is 7.11. The second-order valence-electron chi connectivity index (χ2n) is 5.92. The van der Waals surface area contributed by atoms with Crippen molar-refractivity contribution in [1.82, 2.24) is 10.6 Å². The molecule has 1 amide bonds. The van der Waals surface area contributed by atoms with Gasteiger partial charge < -0.3 is 20.4 Å². The standard InChI is InChI=1S/C20H22N4O2S/c1-14-5-10-17(27-14)13-23-20(21-2)22-12-15-6-8-16(9-7-15)24-19(25)18-4-3-11-26-18/h3-11H,12-13H2,1-2H3,(H,24,25)(H2,21,22,23). The van der Waals surface area contributed by atoms with Crippen LogP contribution in [0.25, 0.3) is 0 Å².